The molecule has 136 valence electrons. The summed E-state index contributed by atoms with van der Waals surface area (Å²) < 4.78 is 55.7. The fraction of sp³-hybridized carbons (Fsp3) is 0.500. The van der Waals surface area contributed by atoms with Gasteiger partial charge in [-0.2, -0.15) is 8.78 Å². The number of nitrogens with zero attached hydrogens (tertiary/aromatic N) is 2. The molecule has 2 aromatic rings. The fourth-order valence-electron chi connectivity index (χ4n) is 3.12. The first-order valence-corrected chi connectivity index (χ1v) is 9.74. The van der Waals surface area contributed by atoms with Crippen molar-refractivity contribution in [2.75, 3.05) is 11.5 Å². The van der Waals surface area contributed by atoms with Crippen molar-refractivity contribution >= 4 is 26.8 Å². The number of benzene rings is 1. The van der Waals surface area contributed by atoms with Gasteiger partial charge in [-0.3, -0.25) is 9.36 Å². The van der Waals surface area contributed by atoms with E-state index >= 15 is 0 Å². The van der Waals surface area contributed by atoms with Gasteiger partial charge in [-0.25, -0.2) is 13.4 Å². The Hall–Kier alpha value is -2.03. The topological polar surface area (TPSA) is 78.3 Å². The van der Waals surface area contributed by atoms with Crippen molar-refractivity contribution in [3.63, 3.8) is 0 Å². The molecular formula is C16H18F2N2O4S. The highest BCUT2D eigenvalue weighted by Gasteiger charge is 2.31. The molecule has 1 aromatic heterocycles. The number of imidazole rings is 1. The summed E-state index contributed by atoms with van der Waals surface area (Å²) in [6.07, 6.45) is -0.591. The van der Waals surface area contributed by atoms with Gasteiger partial charge in [0.25, 0.3) is 0 Å². The summed E-state index contributed by atoms with van der Waals surface area (Å²) in [4.78, 5) is 16.2. The van der Waals surface area contributed by atoms with Crippen LogP contribution in [0.25, 0.3) is 11.0 Å². The Balaban J connectivity index is 1.75. The van der Waals surface area contributed by atoms with Crippen LogP contribution in [0.1, 0.15) is 38.2 Å². The molecule has 1 fully saturated rings. The molecule has 1 aliphatic rings. The van der Waals surface area contributed by atoms with Crippen LogP contribution in [0.15, 0.2) is 24.3 Å². The lowest BCUT2D eigenvalue weighted by atomic mass is 10.1. The summed E-state index contributed by atoms with van der Waals surface area (Å²) in [6, 6.07) is 6.45. The Kier molecular flexibility index (Phi) is 4.77. The molecule has 2 heterocycles. The zero-order valence-corrected chi connectivity index (χ0v) is 14.4. The van der Waals surface area contributed by atoms with Crippen LogP contribution in [0.2, 0.25) is 0 Å². The van der Waals surface area contributed by atoms with Gasteiger partial charge < -0.3 is 4.74 Å². The standard InChI is InChI=1S/C16H18F2N2O4S/c1-10(24-14(21)8-11-6-7-25(22,23)9-11)15-19-12-4-2-3-5-13(12)20(15)16(17)18/h2-5,10-11,16H,6-9H2,1H3. The molecule has 0 aliphatic carbocycles. The first-order valence-electron chi connectivity index (χ1n) is 7.92. The van der Waals surface area contributed by atoms with Crippen LogP contribution in [0.5, 0.6) is 0 Å². The summed E-state index contributed by atoms with van der Waals surface area (Å²) in [7, 11) is -3.08. The lowest BCUT2D eigenvalue weighted by Gasteiger charge is -2.16. The molecule has 3 rings (SSSR count). The maximum atomic E-state index is 13.4. The van der Waals surface area contributed by atoms with Gasteiger partial charge in [0.2, 0.25) is 0 Å². The van der Waals surface area contributed by atoms with Gasteiger partial charge in [0.05, 0.1) is 22.5 Å². The third-order valence-corrected chi connectivity index (χ3v) is 6.11. The SMILES string of the molecule is CC(OC(=O)CC1CCS(=O)(=O)C1)c1nc2ccccc2n1C(F)F. The second-order valence-electron chi connectivity index (χ2n) is 6.21. The molecule has 1 aliphatic heterocycles. The van der Waals surface area contributed by atoms with Crippen molar-refractivity contribution in [2.24, 2.45) is 5.92 Å². The largest absolute Gasteiger partial charge is 0.454 e. The molecular weight excluding hydrogens is 354 g/mol. The van der Waals surface area contributed by atoms with E-state index in [-0.39, 0.29) is 35.2 Å². The minimum absolute atomic E-state index is 0.0357. The number of hydrogen-bond acceptors (Lipinski definition) is 5. The number of sulfone groups is 1. The smallest absolute Gasteiger partial charge is 0.320 e. The van der Waals surface area contributed by atoms with Gasteiger partial charge in [-0.15, -0.1) is 0 Å². The van der Waals surface area contributed by atoms with E-state index in [2.05, 4.69) is 4.98 Å². The second-order valence-corrected chi connectivity index (χ2v) is 8.44. The van der Waals surface area contributed by atoms with Gasteiger partial charge in [0, 0.05) is 6.42 Å². The first kappa shape index (κ1) is 17.8. The third-order valence-electron chi connectivity index (χ3n) is 4.27. The Labute approximate surface area is 143 Å². The number of alkyl halides is 2. The van der Waals surface area contributed by atoms with E-state index in [9.17, 15) is 22.0 Å². The maximum Gasteiger partial charge on any atom is 0.320 e. The van der Waals surface area contributed by atoms with Crippen LogP contribution in [-0.4, -0.2) is 35.4 Å². The van der Waals surface area contributed by atoms with Crippen LogP contribution in [0, 0.1) is 5.92 Å². The van der Waals surface area contributed by atoms with Gasteiger partial charge in [0.15, 0.2) is 21.8 Å². The number of aromatic nitrogens is 2. The number of halogens is 2. The van der Waals surface area contributed by atoms with Crippen LogP contribution in [-0.2, 0) is 19.4 Å². The molecule has 0 bridgehead atoms. The maximum absolute atomic E-state index is 13.4. The average molecular weight is 372 g/mol. The number of carbonyl (C=O) groups is 1. The molecule has 0 amide bonds. The molecule has 2 atom stereocenters. The summed E-state index contributed by atoms with van der Waals surface area (Å²) >= 11 is 0. The van der Waals surface area contributed by atoms with Gasteiger partial charge in [-0.1, -0.05) is 12.1 Å². The predicted molar refractivity (Wildman–Crippen MR) is 86.9 cm³/mol. The zero-order valence-electron chi connectivity index (χ0n) is 13.6. The van der Waals surface area contributed by atoms with E-state index in [0.29, 0.717) is 11.9 Å². The van der Waals surface area contributed by atoms with Crippen LogP contribution < -0.4 is 0 Å². The van der Waals surface area contributed by atoms with Crippen molar-refractivity contribution in [3.8, 4) is 0 Å². The molecule has 1 saturated heterocycles. The normalized spacial score (nSPS) is 20.9. The summed E-state index contributed by atoms with van der Waals surface area (Å²) in [5, 5.41) is 0. The van der Waals surface area contributed by atoms with Gasteiger partial charge in [-0.05, 0) is 31.4 Å². The molecule has 0 saturated carbocycles. The van der Waals surface area contributed by atoms with E-state index in [0.717, 1.165) is 4.57 Å². The molecule has 9 heteroatoms. The number of carbonyl (C=O) groups excluding carboxylic acids is 1. The third kappa shape index (κ3) is 3.81. The van der Waals surface area contributed by atoms with E-state index in [1.54, 1.807) is 18.2 Å². The summed E-state index contributed by atoms with van der Waals surface area (Å²) in [5.41, 5.74) is 0.653. The van der Waals surface area contributed by atoms with Crippen molar-refractivity contribution < 1.29 is 26.7 Å². The molecule has 6 nitrogen and oxygen atoms in total. The Morgan fingerprint density at radius 2 is 2.12 bits per heavy atom. The van der Waals surface area contributed by atoms with E-state index in [1.165, 1.54) is 13.0 Å². The van der Waals surface area contributed by atoms with Crippen molar-refractivity contribution in [3.05, 3.63) is 30.1 Å². The average Bonchev–Trinajstić information content (AvgIpc) is 3.07. The molecule has 0 radical (unpaired) electrons. The van der Waals surface area contributed by atoms with Crippen LogP contribution >= 0.6 is 0 Å². The molecule has 0 N–H and O–H groups in total. The first-order chi connectivity index (χ1) is 11.8. The monoisotopic (exact) mass is 372 g/mol. The summed E-state index contributed by atoms with van der Waals surface area (Å²) in [5.74, 6) is -0.891. The van der Waals surface area contributed by atoms with Gasteiger partial charge >= 0.3 is 12.5 Å². The number of hydrogen-bond donors (Lipinski definition) is 0. The number of esters is 1. The minimum atomic E-state index is -3.08. The summed E-state index contributed by atoms with van der Waals surface area (Å²) in [6.45, 7) is -1.34. The number of ether oxygens (including phenoxy) is 1. The second kappa shape index (κ2) is 6.70. The quantitative estimate of drug-likeness (QED) is 0.754. The van der Waals surface area contributed by atoms with E-state index < -0.39 is 28.5 Å². The van der Waals surface area contributed by atoms with E-state index in [4.69, 9.17) is 4.74 Å². The number of fused-ring (bicyclic) bond motifs is 1. The molecule has 1 aromatic carbocycles. The zero-order chi connectivity index (χ0) is 18.2. The lowest BCUT2D eigenvalue weighted by Crippen LogP contribution is -2.17. The van der Waals surface area contributed by atoms with Gasteiger partial charge in [0.1, 0.15) is 0 Å². The molecule has 0 spiro atoms. The van der Waals surface area contributed by atoms with Crippen molar-refractivity contribution in [1.29, 1.82) is 0 Å². The van der Waals surface area contributed by atoms with Crippen molar-refractivity contribution in [2.45, 2.75) is 32.4 Å². The highest BCUT2D eigenvalue weighted by molar-refractivity contribution is 7.91. The lowest BCUT2D eigenvalue weighted by molar-refractivity contribution is -0.150. The Morgan fingerprint density at radius 3 is 2.76 bits per heavy atom. The Bertz CT molecular complexity index is 895. The van der Waals surface area contributed by atoms with Crippen molar-refractivity contribution in [1.82, 2.24) is 9.55 Å². The highest BCUT2D eigenvalue weighted by atomic mass is 32.2. The van der Waals surface area contributed by atoms with E-state index in [1.807, 2.05) is 0 Å². The minimum Gasteiger partial charge on any atom is -0.454 e. The highest BCUT2D eigenvalue weighted by Crippen LogP contribution is 2.29. The predicted octanol–water partition coefficient (Wildman–Crippen LogP) is 2.86. The number of rotatable bonds is 5. The molecule has 2 unspecified atom stereocenters. The Morgan fingerprint density at radius 1 is 1.40 bits per heavy atom. The van der Waals surface area contributed by atoms with Crippen LogP contribution in [0.4, 0.5) is 8.78 Å². The van der Waals surface area contributed by atoms with Crippen LogP contribution in [0.3, 0.4) is 0 Å². The number of para-hydroxylation sites is 2. The molecule has 25 heavy (non-hydrogen) atoms. The fourth-order valence-corrected chi connectivity index (χ4v) is 4.98.